The molecule has 2 aliphatic carbocycles. The van der Waals surface area contributed by atoms with Gasteiger partial charge in [-0.1, -0.05) is 26.1 Å². The molecule has 0 heterocycles. The van der Waals surface area contributed by atoms with E-state index in [-0.39, 0.29) is 17.7 Å². The van der Waals surface area contributed by atoms with Gasteiger partial charge in [0.05, 0.1) is 10.9 Å². The summed E-state index contributed by atoms with van der Waals surface area (Å²) in [5.74, 6) is 1.53. The van der Waals surface area contributed by atoms with Crippen LogP contribution in [-0.2, 0) is 4.79 Å². The summed E-state index contributed by atoms with van der Waals surface area (Å²) < 4.78 is 0. The van der Waals surface area contributed by atoms with E-state index in [0.29, 0.717) is 4.99 Å². The highest BCUT2D eigenvalue weighted by Gasteiger charge is 2.35. The van der Waals surface area contributed by atoms with Gasteiger partial charge in [-0.3, -0.25) is 4.79 Å². The Hall–Kier alpha value is -0.640. The van der Waals surface area contributed by atoms with Crippen LogP contribution in [0.25, 0.3) is 0 Å². The molecule has 1 atom stereocenters. The monoisotopic (exact) mass is 268 g/mol. The second kappa shape index (κ2) is 5.55. The van der Waals surface area contributed by atoms with Gasteiger partial charge in [-0.25, -0.2) is 0 Å². The van der Waals surface area contributed by atoms with Crippen LogP contribution in [0, 0.1) is 23.7 Å². The molecular formula is C14H24N2OS. The van der Waals surface area contributed by atoms with Gasteiger partial charge in [0, 0.05) is 13.1 Å². The maximum absolute atomic E-state index is 12.6. The normalized spacial score (nSPS) is 20.8. The van der Waals surface area contributed by atoms with Gasteiger partial charge in [-0.2, -0.15) is 0 Å². The topological polar surface area (TPSA) is 46.3 Å². The predicted molar refractivity (Wildman–Crippen MR) is 77.1 cm³/mol. The molecule has 3 nitrogen and oxygen atoms in total. The highest BCUT2D eigenvalue weighted by atomic mass is 32.1. The molecule has 0 radical (unpaired) electrons. The molecular weight excluding hydrogens is 244 g/mol. The lowest BCUT2D eigenvalue weighted by Gasteiger charge is -2.29. The van der Waals surface area contributed by atoms with Crippen molar-refractivity contribution in [2.45, 2.75) is 39.5 Å². The van der Waals surface area contributed by atoms with Gasteiger partial charge < -0.3 is 10.6 Å². The average Bonchev–Trinajstić information content (AvgIpc) is 3.09. The molecule has 1 amide bonds. The summed E-state index contributed by atoms with van der Waals surface area (Å²) >= 11 is 5.08. The van der Waals surface area contributed by atoms with Crippen LogP contribution in [0.2, 0.25) is 0 Å². The Kier molecular flexibility index (Phi) is 4.25. The van der Waals surface area contributed by atoms with Crippen molar-refractivity contribution in [3.05, 3.63) is 0 Å². The molecule has 2 aliphatic rings. The Morgan fingerprint density at radius 1 is 1.22 bits per heavy atom. The van der Waals surface area contributed by atoms with Crippen LogP contribution in [-0.4, -0.2) is 28.9 Å². The van der Waals surface area contributed by atoms with Crippen molar-refractivity contribution in [3.8, 4) is 0 Å². The van der Waals surface area contributed by atoms with E-state index in [1.165, 1.54) is 25.7 Å². The van der Waals surface area contributed by atoms with Gasteiger partial charge in [0.25, 0.3) is 0 Å². The Bertz CT molecular complexity index is 321. The van der Waals surface area contributed by atoms with Gasteiger partial charge in [-0.15, -0.1) is 0 Å². The minimum Gasteiger partial charge on any atom is -0.393 e. The Labute approximate surface area is 115 Å². The zero-order valence-corrected chi connectivity index (χ0v) is 12.2. The smallest absolute Gasteiger partial charge is 0.232 e. The third-order valence-corrected chi connectivity index (χ3v) is 4.16. The fourth-order valence-electron chi connectivity index (χ4n) is 2.41. The number of nitrogens with zero attached hydrogens (tertiary/aromatic N) is 1. The van der Waals surface area contributed by atoms with E-state index < -0.39 is 0 Å². The largest absolute Gasteiger partial charge is 0.393 e. The molecule has 2 fully saturated rings. The lowest BCUT2D eigenvalue weighted by atomic mass is 9.94. The van der Waals surface area contributed by atoms with Gasteiger partial charge in [0.1, 0.15) is 0 Å². The second-order valence-electron chi connectivity index (χ2n) is 6.25. The summed E-state index contributed by atoms with van der Waals surface area (Å²) in [5, 5.41) is 0. The quantitative estimate of drug-likeness (QED) is 0.720. The van der Waals surface area contributed by atoms with Crippen LogP contribution < -0.4 is 5.73 Å². The first-order valence-electron chi connectivity index (χ1n) is 7.07. The number of carbonyl (C=O) groups is 1. The van der Waals surface area contributed by atoms with Crippen LogP contribution >= 0.6 is 12.2 Å². The van der Waals surface area contributed by atoms with Crippen molar-refractivity contribution >= 4 is 23.1 Å². The summed E-state index contributed by atoms with van der Waals surface area (Å²) in [7, 11) is 0. The van der Waals surface area contributed by atoms with Crippen molar-refractivity contribution in [1.29, 1.82) is 0 Å². The Morgan fingerprint density at radius 2 is 1.67 bits per heavy atom. The maximum atomic E-state index is 12.6. The average molecular weight is 268 g/mol. The third kappa shape index (κ3) is 3.67. The van der Waals surface area contributed by atoms with E-state index in [9.17, 15) is 4.79 Å². The number of rotatable bonds is 7. The van der Waals surface area contributed by atoms with Crippen LogP contribution in [0.3, 0.4) is 0 Å². The summed E-state index contributed by atoms with van der Waals surface area (Å²) in [5.41, 5.74) is 5.75. The van der Waals surface area contributed by atoms with Crippen molar-refractivity contribution < 1.29 is 4.79 Å². The molecule has 0 aromatic carbocycles. The minimum absolute atomic E-state index is 0.163. The third-order valence-electron chi connectivity index (χ3n) is 3.90. The van der Waals surface area contributed by atoms with Crippen LogP contribution in [0.5, 0.6) is 0 Å². The summed E-state index contributed by atoms with van der Waals surface area (Å²) in [6.07, 6.45) is 5.09. The lowest BCUT2D eigenvalue weighted by molar-refractivity contribution is -0.135. The van der Waals surface area contributed by atoms with Crippen molar-refractivity contribution in [2.75, 3.05) is 13.1 Å². The van der Waals surface area contributed by atoms with Crippen LogP contribution in [0.4, 0.5) is 0 Å². The van der Waals surface area contributed by atoms with E-state index in [1.54, 1.807) is 0 Å². The van der Waals surface area contributed by atoms with Crippen LogP contribution in [0.1, 0.15) is 39.5 Å². The lowest BCUT2D eigenvalue weighted by Crippen LogP contribution is -2.45. The SMILES string of the molecule is CC(C)C(C(=O)N(CC1CC1)CC1CC1)C(N)=S. The Morgan fingerprint density at radius 3 is 1.94 bits per heavy atom. The molecule has 18 heavy (non-hydrogen) atoms. The molecule has 102 valence electrons. The van der Waals surface area contributed by atoms with E-state index in [4.69, 9.17) is 18.0 Å². The number of nitrogens with two attached hydrogens (primary N) is 1. The molecule has 1 unspecified atom stereocenters. The molecule has 2 rings (SSSR count). The summed E-state index contributed by atoms with van der Waals surface area (Å²) in [6, 6.07) is 0. The predicted octanol–water partition coefficient (Wildman–Crippen LogP) is 2.19. The van der Waals surface area contributed by atoms with Crippen molar-refractivity contribution in [1.82, 2.24) is 4.90 Å². The van der Waals surface area contributed by atoms with E-state index >= 15 is 0 Å². The minimum atomic E-state index is -0.280. The molecule has 0 aromatic heterocycles. The molecule has 0 aliphatic heterocycles. The molecule has 0 saturated heterocycles. The first-order valence-corrected chi connectivity index (χ1v) is 7.48. The fourth-order valence-corrected chi connectivity index (χ4v) is 2.78. The van der Waals surface area contributed by atoms with Gasteiger partial charge in [-0.05, 0) is 43.4 Å². The summed E-state index contributed by atoms with van der Waals surface area (Å²) in [6.45, 7) is 5.88. The van der Waals surface area contributed by atoms with Crippen molar-refractivity contribution in [3.63, 3.8) is 0 Å². The summed E-state index contributed by atoms with van der Waals surface area (Å²) in [4.78, 5) is 15.0. The molecule has 4 heteroatoms. The number of amides is 1. The second-order valence-corrected chi connectivity index (χ2v) is 6.73. The standard InChI is InChI=1S/C14H24N2OS/c1-9(2)12(13(15)18)14(17)16(7-10-3-4-10)8-11-5-6-11/h9-12H,3-8H2,1-2H3,(H2,15,18). The molecule has 2 saturated carbocycles. The van der Waals surface area contributed by atoms with Gasteiger partial charge >= 0.3 is 0 Å². The number of hydrogen-bond acceptors (Lipinski definition) is 2. The highest BCUT2D eigenvalue weighted by Crippen LogP contribution is 2.34. The number of hydrogen-bond donors (Lipinski definition) is 1. The zero-order chi connectivity index (χ0) is 13.3. The van der Waals surface area contributed by atoms with Crippen molar-refractivity contribution in [2.24, 2.45) is 29.4 Å². The maximum Gasteiger partial charge on any atom is 0.232 e. The number of carbonyl (C=O) groups excluding carboxylic acids is 1. The van der Waals surface area contributed by atoms with Gasteiger partial charge in [0.15, 0.2) is 0 Å². The van der Waals surface area contributed by atoms with E-state index in [2.05, 4.69) is 0 Å². The highest BCUT2D eigenvalue weighted by molar-refractivity contribution is 7.80. The molecule has 0 bridgehead atoms. The first kappa shape index (κ1) is 13.8. The molecule has 0 spiro atoms. The van der Waals surface area contributed by atoms with Gasteiger partial charge in [0.2, 0.25) is 5.91 Å². The fraction of sp³-hybridized carbons (Fsp3) is 0.857. The molecule has 0 aromatic rings. The van der Waals surface area contributed by atoms with E-state index in [0.717, 1.165) is 24.9 Å². The molecule has 2 N–H and O–H groups in total. The number of thiocarbonyl (C=S) groups is 1. The Balaban J connectivity index is 2.01. The zero-order valence-electron chi connectivity index (χ0n) is 11.4. The first-order chi connectivity index (χ1) is 8.49. The van der Waals surface area contributed by atoms with E-state index in [1.807, 2.05) is 18.7 Å². The van der Waals surface area contributed by atoms with Crippen LogP contribution in [0.15, 0.2) is 0 Å².